The van der Waals surface area contributed by atoms with E-state index in [0.29, 0.717) is 16.2 Å². The van der Waals surface area contributed by atoms with Gasteiger partial charge in [-0.25, -0.2) is 9.18 Å². The summed E-state index contributed by atoms with van der Waals surface area (Å²) in [6, 6.07) is 6.34. The second-order valence-corrected chi connectivity index (χ2v) is 3.41. The van der Waals surface area contributed by atoms with E-state index in [1.54, 1.807) is 6.07 Å². The van der Waals surface area contributed by atoms with Crippen molar-refractivity contribution in [2.45, 2.75) is 0 Å². The number of nitrogens with one attached hydrogen (secondary N) is 2. The third kappa shape index (κ3) is 3.14. The summed E-state index contributed by atoms with van der Waals surface area (Å²) in [7, 11) is 0. The van der Waals surface area contributed by atoms with E-state index in [-0.39, 0.29) is 0 Å². The molecule has 0 radical (unpaired) electrons. The van der Waals surface area contributed by atoms with Crippen LogP contribution in [0.4, 0.5) is 20.6 Å². The monoisotopic (exact) mass is 248 g/mol. The Kier molecular flexibility index (Phi) is 3.33. The molecule has 1 aromatic carbocycles. The Balaban J connectivity index is 1.98. The van der Waals surface area contributed by atoms with Crippen molar-refractivity contribution in [3.63, 3.8) is 0 Å². The van der Waals surface area contributed by atoms with Crippen molar-refractivity contribution in [3.05, 3.63) is 53.7 Å². The van der Waals surface area contributed by atoms with Gasteiger partial charge >= 0.3 is 6.03 Å². The van der Waals surface area contributed by atoms with E-state index in [0.717, 1.165) is 6.20 Å². The fourth-order valence-corrected chi connectivity index (χ4v) is 1.28. The average Bonchev–Trinajstić information content (AvgIpc) is 2.32. The van der Waals surface area contributed by atoms with Gasteiger partial charge in [-0.1, -0.05) is 10.9 Å². The van der Waals surface area contributed by atoms with E-state index in [4.69, 9.17) is 0 Å². The Morgan fingerprint density at radius 1 is 1.28 bits per heavy atom. The quantitative estimate of drug-likeness (QED) is 0.624. The number of amides is 2. The summed E-state index contributed by atoms with van der Waals surface area (Å²) >= 11 is 0. The second kappa shape index (κ2) is 5.09. The fourth-order valence-electron chi connectivity index (χ4n) is 1.28. The Morgan fingerprint density at radius 2 is 2.06 bits per heavy atom. The summed E-state index contributed by atoms with van der Waals surface area (Å²) in [4.78, 5) is 11.9. The molecule has 6 nitrogen and oxygen atoms in total. The first kappa shape index (κ1) is 11.8. The zero-order chi connectivity index (χ0) is 13.0. The van der Waals surface area contributed by atoms with Crippen LogP contribution in [0.25, 0.3) is 0 Å². The van der Waals surface area contributed by atoms with Gasteiger partial charge < -0.3 is 15.8 Å². The lowest BCUT2D eigenvalue weighted by Crippen LogP contribution is -2.30. The number of urea groups is 1. The van der Waals surface area contributed by atoms with Crippen molar-refractivity contribution >= 4 is 17.4 Å². The second-order valence-electron chi connectivity index (χ2n) is 3.41. The number of hydrogen-bond donors (Lipinski definition) is 2. The standard InChI is InChI=1S/C11H9FN4O2/c12-8-2-1-3-9(6-8)14-11(17)15-10-4-5-16(18)13-7-10/h1-7H,(H2,14,15,17). The summed E-state index contributed by atoms with van der Waals surface area (Å²) in [5.74, 6) is -0.443. The number of hydrogen-bond acceptors (Lipinski definition) is 3. The molecule has 2 amide bonds. The molecule has 0 fully saturated rings. The highest BCUT2D eigenvalue weighted by atomic mass is 19.1. The number of nitrogens with zero attached hydrogens (tertiary/aromatic N) is 2. The Bertz CT molecular complexity index is 559. The van der Waals surface area contributed by atoms with Crippen molar-refractivity contribution < 1.29 is 14.0 Å². The molecule has 0 spiro atoms. The molecule has 0 aliphatic heterocycles. The van der Waals surface area contributed by atoms with Gasteiger partial charge in [-0.2, -0.15) is 0 Å². The maximum Gasteiger partial charge on any atom is 0.323 e. The molecule has 0 aliphatic rings. The molecule has 0 saturated carbocycles. The molecule has 0 saturated heterocycles. The van der Waals surface area contributed by atoms with Crippen LogP contribution in [0.3, 0.4) is 0 Å². The van der Waals surface area contributed by atoms with Crippen molar-refractivity contribution in [2.24, 2.45) is 0 Å². The summed E-state index contributed by atoms with van der Waals surface area (Å²) in [6.45, 7) is 0. The van der Waals surface area contributed by atoms with E-state index in [2.05, 4.69) is 15.7 Å². The first-order valence-electron chi connectivity index (χ1n) is 5.02. The van der Waals surface area contributed by atoms with Crippen LogP contribution in [0.15, 0.2) is 42.7 Å². The van der Waals surface area contributed by atoms with Gasteiger partial charge in [-0.05, 0) is 18.2 Å². The molecule has 0 unspecified atom stereocenters. The fraction of sp³-hybridized carbons (Fsp3) is 0. The van der Waals surface area contributed by atoms with Crippen LogP contribution in [0.2, 0.25) is 0 Å². The maximum absolute atomic E-state index is 12.9. The predicted octanol–water partition coefficient (Wildman–Crippen LogP) is 1.50. The molecule has 0 bridgehead atoms. The van der Waals surface area contributed by atoms with Gasteiger partial charge in [0.05, 0.1) is 5.69 Å². The number of aromatic nitrogens is 2. The van der Waals surface area contributed by atoms with E-state index in [9.17, 15) is 14.4 Å². The molecule has 1 heterocycles. The highest BCUT2D eigenvalue weighted by Gasteiger charge is 2.04. The Hall–Kier alpha value is -2.70. The van der Waals surface area contributed by atoms with Gasteiger partial charge in [0.15, 0.2) is 0 Å². The highest BCUT2D eigenvalue weighted by molar-refractivity contribution is 5.99. The molecule has 18 heavy (non-hydrogen) atoms. The largest absolute Gasteiger partial charge is 0.594 e. The van der Waals surface area contributed by atoms with E-state index >= 15 is 0 Å². The van der Waals surface area contributed by atoms with Crippen molar-refractivity contribution in [1.82, 2.24) is 5.10 Å². The number of halogens is 1. The SMILES string of the molecule is O=C(Nc1cc[n+]([O-])nc1)Nc1cccc(F)c1. The third-order valence-corrected chi connectivity index (χ3v) is 2.03. The molecule has 0 atom stereocenters. The molecular weight excluding hydrogens is 239 g/mol. The van der Waals surface area contributed by atoms with Gasteiger partial charge in [0, 0.05) is 16.9 Å². The lowest BCUT2D eigenvalue weighted by molar-refractivity contribution is -0.669. The molecule has 1 aromatic heterocycles. The zero-order valence-corrected chi connectivity index (χ0v) is 9.13. The highest BCUT2D eigenvalue weighted by Crippen LogP contribution is 2.10. The first-order valence-corrected chi connectivity index (χ1v) is 5.02. The van der Waals surface area contributed by atoms with E-state index in [1.165, 1.54) is 30.5 Å². The third-order valence-electron chi connectivity index (χ3n) is 2.03. The predicted molar refractivity (Wildman–Crippen MR) is 62.2 cm³/mol. The molecular formula is C11H9FN4O2. The molecule has 92 valence electrons. The normalized spacial score (nSPS) is 9.83. The number of rotatable bonds is 2. The smallest absolute Gasteiger partial charge is 0.323 e. The number of benzene rings is 1. The van der Waals surface area contributed by atoms with E-state index < -0.39 is 11.8 Å². The first-order chi connectivity index (χ1) is 8.63. The summed E-state index contributed by atoms with van der Waals surface area (Å²) < 4.78 is 12.9. The Morgan fingerprint density at radius 3 is 2.72 bits per heavy atom. The maximum atomic E-state index is 12.9. The minimum absolute atomic E-state index is 0.329. The average molecular weight is 248 g/mol. The van der Waals surface area contributed by atoms with Gasteiger partial charge in [0.25, 0.3) is 0 Å². The van der Waals surface area contributed by atoms with Gasteiger partial charge in [-0.3, -0.25) is 0 Å². The van der Waals surface area contributed by atoms with Crippen LogP contribution in [-0.2, 0) is 0 Å². The number of carbonyl (C=O) groups is 1. The zero-order valence-electron chi connectivity index (χ0n) is 9.13. The molecule has 2 rings (SSSR count). The summed E-state index contributed by atoms with van der Waals surface area (Å²) in [5, 5.41) is 19.0. The lowest BCUT2D eigenvalue weighted by Gasteiger charge is -2.06. The molecule has 2 N–H and O–H groups in total. The van der Waals surface area contributed by atoms with E-state index in [1.807, 2.05) is 0 Å². The molecule has 2 aromatic rings. The van der Waals surface area contributed by atoms with Gasteiger partial charge in [-0.15, -0.1) is 0 Å². The minimum Gasteiger partial charge on any atom is -0.594 e. The summed E-state index contributed by atoms with van der Waals surface area (Å²) in [6.07, 6.45) is 2.36. The van der Waals surface area contributed by atoms with Crippen LogP contribution in [0.1, 0.15) is 0 Å². The van der Waals surface area contributed by atoms with Crippen LogP contribution < -0.4 is 15.5 Å². The molecule has 7 heteroatoms. The minimum atomic E-state index is -0.550. The van der Waals surface area contributed by atoms with Crippen molar-refractivity contribution in [1.29, 1.82) is 0 Å². The Labute approximate surface area is 102 Å². The van der Waals surface area contributed by atoms with Crippen molar-refractivity contribution in [3.8, 4) is 0 Å². The lowest BCUT2D eigenvalue weighted by atomic mass is 10.3. The summed E-state index contributed by atoms with van der Waals surface area (Å²) in [5.41, 5.74) is 0.686. The van der Waals surface area contributed by atoms with Crippen LogP contribution >= 0.6 is 0 Å². The van der Waals surface area contributed by atoms with Crippen LogP contribution in [0.5, 0.6) is 0 Å². The van der Waals surface area contributed by atoms with Gasteiger partial charge in [0.1, 0.15) is 12.0 Å². The molecule has 0 aliphatic carbocycles. The number of carbonyl (C=O) groups excluding carboxylic acids is 1. The van der Waals surface area contributed by atoms with Crippen LogP contribution in [-0.4, -0.2) is 11.1 Å². The van der Waals surface area contributed by atoms with Crippen LogP contribution in [0, 0.1) is 11.0 Å². The number of anilines is 2. The topological polar surface area (TPSA) is 81.0 Å². The van der Waals surface area contributed by atoms with Gasteiger partial charge in [0.2, 0.25) is 6.20 Å². The van der Waals surface area contributed by atoms with Crippen molar-refractivity contribution in [2.75, 3.05) is 10.6 Å².